The number of amides is 1. The van der Waals surface area contributed by atoms with E-state index in [1.54, 1.807) is 25.3 Å². The van der Waals surface area contributed by atoms with E-state index in [4.69, 9.17) is 0 Å². The zero-order valence-corrected chi connectivity index (χ0v) is 15.7. The molecule has 0 bridgehead atoms. The van der Waals surface area contributed by atoms with Crippen LogP contribution in [0.5, 0.6) is 0 Å². The van der Waals surface area contributed by atoms with Gasteiger partial charge in [0.05, 0.1) is 10.9 Å². The van der Waals surface area contributed by atoms with Crippen molar-refractivity contribution in [1.29, 1.82) is 0 Å². The molecule has 1 amide bonds. The van der Waals surface area contributed by atoms with Gasteiger partial charge in [-0.2, -0.15) is 0 Å². The number of hydrogen-bond donors (Lipinski definition) is 2. The lowest BCUT2D eigenvalue weighted by Crippen LogP contribution is -2.36. The van der Waals surface area contributed by atoms with E-state index in [0.717, 1.165) is 16.5 Å². The molecule has 27 heavy (non-hydrogen) atoms. The summed E-state index contributed by atoms with van der Waals surface area (Å²) in [6.45, 7) is 5.45. The SMILES string of the molecule is C=C[C@@H]1C[C@]1(C)C(=O)NS(=O)(=O)c1cccc2c(-c3ccccc3)c[nH]c12. The summed E-state index contributed by atoms with van der Waals surface area (Å²) in [6.07, 6.45) is 4.10. The number of aromatic amines is 1. The van der Waals surface area contributed by atoms with Crippen molar-refractivity contribution < 1.29 is 13.2 Å². The van der Waals surface area contributed by atoms with Crippen LogP contribution in [0.2, 0.25) is 0 Å². The number of aromatic nitrogens is 1. The Kier molecular flexibility index (Phi) is 3.96. The molecule has 6 heteroatoms. The molecule has 2 atom stereocenters. The third-order valence-corrected chi connectivity index (χ3v) is 6.76. The number of rotatable bonds is 5. The van der Waals surface area contributed by atoms with Gasteiger partial charge in [0.2, 0.25) is 5.91 Å². The monoisotopic (exact) mass is 380 g/mol. The lowest BCUT2D eigenvalue weighted by Gasteiger charge is -2.12. The Labute approximate surface area is 158 Å². The van der Waals surface area contributed by atoms with E-state index in [2.05, 4.69) is 16.3 Å². The summed E-state index contributed by atoms with van der Waals surface area (Å²) < 4.78 is 28.0. The number of H-pyrrole nitrogens is 1. The average Bonchev–Trinajstić information content (AvgIpc) is 3.16. The van der Waals surface area contributed by atoms with Crippen molar-refractivity contribution in [3.8, 4) is 11.1 Å². The van der Waals surface area contributed by atoms with Gasteiger partial charge in [0, 0.05) is 17.1 Å². The van der Waals surface area contributed by atoms with E-state index < -0.39 is 21.3 Å². The summed E-state index contributed by atoms with van der Waals surface area (Å²) in [7, 11) is -3.99. The molecule has 1 aromatic heterocycles. The summed E-state index contributed by atoms with van der Waals surface area (Å²) >= 11 is 0. The van der Waals surface area contributed by atoms with E-state index in [1.807, 2.05) is 36.4 Å². The van der Waals surface area contributed by atoms with Crippen LogP contribution in [-0.4, -0.2) is 19.3 Å². The molecule has 2 N–H and O–H groups in total. The second-order valence-corrected chi connectivity index (χ2v) is 8.80. The van der Waals surface area contributed by atoms with Crippen LogP contribution in [0.15, 0.2) is 72.3 Å². The molecule has 1 aliphatic rings. The summed E-state index contributed by atoms with van der Waals surface area (Å²) in [6, 6.07) is 14.8. The molecule has 0 radical (unpaired) electrons. The van der Waals surface area contributed by atoms with Gasteiger partial charge in [0.1, 0.15) is 4.90 Å². The van der Waals surface area contributed by atoms with E-state index in [1.165, 1.54) is 6.07 Å². The molecule has 0 saturated heterocycles. The van der Waals surface area contributed by atoms with Crippen LogP contribution < -0.4 is 4.72 Å². The lowest BCUT2D eigenvalue weighted by atomic mass is 10.1. The van der Waals surface area contributed by atoms with Crippen LogP contribution in [-0.2, 0) is 14.8 Å². The fourth-order valence-corrected chi connectivity index (χ4v) is 4.79. The first kappa shape index (κ1) is 17.5. The molecular formula is C21H20N2O3S. The molecule has 1 heterocycles. The number of para-hydroxylation sites is 1. The Hall–Kier alpha value is -2.86. The predicted molar refractivity (Wildman–Crippen MR) is 105 cm³/mol. The highest BCUT2D eigenvalue weighted by Crippen LogP contribution is 2.53. The number of benzene rings is 2. The number of carbonyl (C=O) groups excluding carboxylic acids is 1. The number of allylic oxidation sites excluding steroid dienone is 1. The van der Waals surface area contributed by atoms with Gasteiger partial charge >= 0.3 is 0 Å². The zero-order chi connectivity index (χ0) is 19.2. The summed E-state index contributed by atoms with van der Waals surface area (Å²) in [5, 5.41) is 0.790. The second kappa shape index (κ2) is 6.09. The average molecular weight is 380 g/mol. The van der Waals surface area contributed by atoms with Crippen LogP contribution in [0.25, 0.3) is 22.0 Å². The standard InChI is InChI=1S/C21H20N2O3S/c1-3-15-12-21(15,2)20(24)23-27(25,26)18-11-7-10-16-17(13-22-19(16)18)14-8-5-4-6-9-14/h3-11,13,15,22H,1,12H2,2H3,(H,23,24)/t15-,21+/m1/s1. The van der Waals surface area contributed by atoms with Crippen LogP contribution in [0, 0.1) is 11.3 Å². The molecule has 3 aromatic rings. The molecule has 1 aliphatic carbocycles. The van der Waals surface area contributed by atoms with E-state index in [-0.39, 0.29) is 10.8 Å². The number of nitrogens with one attached hydrogen (secondary N) is 2. The van der Waals surface area contributed by atoms with Gasteiger partial charge in [-0.25, -0.2) is 13.1 Å². The smallest absolute Gasteiger partial charge is 0.266 e. The van der Waals surface area contributed by atoms with Crippen molar-refractivity contribution in [2.45, 2.75) is 18.2 Å². The number of fused-ring (bicyclic) bond motifs is 1. The Balaban J connectivity index is 1.73. The molecule has 0 unspecified atom stereocenters. The minimum Gasteiger partial charge on any atom is -0.359 e. The van der Waals surface area contributed by atoms with Crippen molar-refractivity contribution in [1.82, 2.24) is 9.71 Å². The fraction of sp³-hybridized carbons (Fsp3) is 0.190. The molecular weight excluding hydrogens is 360 g/mol. The van der Waals surface area contributed by atoms with Gasteiger partial charge in [-0.1, -0.05) is 55.5 Å². The first-order valence-corrected chi connectivity index (χ1v) is 10.2. The lowest BCUT2D eigenvalue weighted by molar-refractivity contribution is -0.124. The van der Waals surface area contributed by atoms with Gasteiger partial charge in [-0.15, -0.1) is 6.58 Å². The highest BCUT2D eigenvalue weighted by molar-refractivity contribution is 7.90. The van der Waals surface area contributed by atoms with E-state index in [0.29, 0.717) is 11.9 Å². The molecule has 1 saturated carbocycles. The van der Waals surface area contributed by atoms with Gasteiger partial charge in [-0.05, 0) is 24.0 Å². The molecule has 138 valence electrons. The first-order valence-electron chi connectivity index (χ1n) is 8.72. The summed E-state index contributed by atoms with van der Waals surface area (Å²) in [5.41, 5.74) is 1.68. The minimum atomic E-state index is -3.99. The van der Waals surface area contributed by atoms with Crippen molar-refractivity contribution in [3.05, 3.63) is 67.4 Å². The Morgan fingerprint density at radius 3 is 2.63 bits per heavy atom. The topological polar surface area (TPSA) is 79.0 Å². The zero-order valence-electron chi connectivity index (χ0n) is 14.9. The van der Waals surface area contributed by atoms with Crippen molar-refractivity contribution in [3.63, 3.8) is 0 Å². The Morgan fingerprint density at radius 1 is 1.22 bits per heavy atom. The van der Waals surface area contributed by atoms with Crippen molar-refractivity contribution in [2.24, 2.45) is 11.3 Å². The summed E-state index contributed by atoms with van der Waals surface area (Å²) in [4.78, 5) is 15.6. The number of sulfonamides is 1. The maximum Gasteiger partial charge on any atom is 0.266 e. The number of hydrogen-bond acceptors (Lipinski definition) is 3. The molecule has 0 aliphatic heterocycles. The van der Waals surface area contributed by atoms with Crippen molar-refractivity contribution in [2.75, 3.05) is 0 Å². The van der Waals surface area contributed by atoms with Gasteiger partial charge in [-0.3, -0.25) is 4.79 Å². The van der Waals surface area contributed by atoms with Crippen LogP contribution >= 0.6 is 0 Å². The first-order chi connectivity index (χ1) is 12.9. The van der Waals surface area contributed by atoms with E-state index >= 15 is 0 Å². The highest BCUT2D eigenvalue weighted by Gasteiger charge is 2.55. The molecule has 4 rings (SSSR count). The van der Waals surface area contributed by atoms with Crippen LogP contribution in [0.1, 0.15) is 13.3 Å². The van der Waals surface area contributed by atoms with E-state index in [9.17, 15) is 13.2 Å². The largest absolute Gasteiger partial charge is 0.359 e. The maximum atomic E-state index is 12.9. The molecule has 2 aromatic carbocycles. The quantitative estimate of drug-likeness (QED) is 0.660. The normalized spacial score (nSPS) is 21.7. The van der Waals surface area contributed by atoms with Gasteiger partial charge in [0.15, 0.2) is 0 Å². The predicted octanol–water partition coefficient (Wildman–Crippen LogP) is 3.85. The fourth-order valence-electron chi connectivity index (χ4n) is 3.50. The van der Waals surface area contributed by atoms with Crippen LogP contribution in [0.4, 0.5) is 0 Å². The highest BCUT2D eigenvalue weighted by atomic mass is 32.2. The second-order valence-electron chi connectivity index (χ2n) is 7.15. The third-order valence-electron chi connectivity index (χ3n) is 5.38. The summed E-state index contributed by atoms with van der Waals surface area (Å²) in [5.74, 6) is -0.474. The number of carbonyl (C=O) groups is 1. The van der Waals surface area contributed by atoms with Gasteiger partial charge < -0.3 is 4.98 Å². The minimum absolute atomic E-state index is 0.0127. The molecule has 5 nitrogen and oxygen atoms in total. The molecule has 1 fully saturated rings. The Morgan fingerprint density at radius 2 is 1.96 bits per heavy atom. The maximum absolute atomic E-state index is 12.9. The Bertz CT molecular complexity index is 1150. The van der Waals surface area contributed by atoms with Gasteiger partial charge in [0.25, 0.3) is 10.0 Å². The third kappa shape index (κ3) is 2.86. The van der Waals surface area contributed by atoms with Crippen LogP contribution in [0.3, 0.4) is 0 Å². The van der Waals surface area contributed by atoms with Crippen molar-refractivity contribution >= 4 is 26.8 Å². The molecule has 0 spiro atoms.